The smallest absolute Gasteiger partial charge is 0.146 e. The Hall–Kier alpha value is -2.12. The number of hydrogen-bond acceptors (Lipinski definition) is 2. The van der Waals surface area contributed by atoms with E-state index in [0.717, 1.165) is 6.07 Å². The van der Waals surface area contributed by atoms with Gasteiger partial charge in [0.15, 0.2) is 0 Å². The van der Waals surface area contributed by atoms with Gasteiger partial charge >= 0.3 is 0 Å². The Bertz CT molecular complexity index is 650. The van der Waals surface area contributed by atoms with Crippen molar-refractivity contribution in [1.82, 2.24) is 0 Å². The minimum atomic E-state index is -0.506. The van der Waals surface area contributed by atoms with Crippen molar-refractivity contribution in [2.45, 2.75) is 6.54 Å². The normalized spacial score (nSPS) is 10.0. The standard InChI is InChI=1S/C14H9ClF2N2/c15-11-3-4-12(16)14(6-11)19-8-10-2-1-9(7-18)5-13(10)17/h1-6,19H,8H2. The fraction of sp³-hybridized carbons (Fsp3) is 0.0714. The Kier molecular flexibility index (Phi) is 3.98. The van der Waals surface area contributed by atoms with E-state index in [-0.39, 0.29) is 17.8 Å². The zero-order valence-corrected chi connectivity index (χ0v) is 10.5. The summed E-state index contributed by atoms with van der Waals surface area (Å²) in [5.74, 6) is -0.965. The van der Waals surface area contributed by atoms with Crippen LogP contribution in [0.4, 0.5) is 14.5 Å². The van der Waals surface area contributed by atoms with Crippen molar-refractivity contribution >= 4 is 17.3 Å². The molecule has 2 nitrogen and oxygen atoms in total. The maximum absolute atomic E-state index is 13.6. The van der Waals surface area contributed by atoms with E-state index < -0.39 is 11.6 Å². The molecule has 1 N–H and O–H groups in total. The van der Waals surface area contributed by atoms with Crippen molar-refractivity contribution < 1.29 is 8.78 Å². The molecule has 0 heterocycles. The number of nitrogens with one attached hydrogen (secondary N) is 1. The molecule has 0 aliphatic heterocycles. The molecule has 0 unspecified atom stereocenters. The van der Waals surface area contributed by atoms with Gasteiger partial charge in [0, 0.05) is 17.1 Å². The van der Waals surface area contributed by atoms with Crippen molar-refractivity contribution in [2.75, 3.05) is 5.32 Å². The molecule has 0 fully saturated rings. The average Bonchev–Trinajstić information content (AvgIpc) is 2.40. The molecule has 0 aliphatic rings. The first kappa shape index (κ1) is 13.3. The molecule has 0 aliphatic carbocycles. The summed E-state index contributed by atoms with van der Waals surface area (Å²) < 4.78 is 27.0. The molecular formula is C14H9ClF2N2. The fourth-order valence-electron chi connectivity index (χ4n) is 1.58. The third kappa shape index (κ3) is 3.21. The molecule has 0 atom stereocenters. The third-order valence-corrected chi connectivity index (χ3v) is 2.81. The van der Waals surface area contributed by atoms with Crippen molar-refractivity contribution in [1.29, 1.82) is 5.26 Å². The van der Waals surface area contributed by atoms with Crippen molar-refractivity contribution in [2.24, 2.45) is 0 Å². The molecule has 5 heteroatoms. The van der Waals surface area contributed by atoms with Gasteiger partial charge in [-0.05, 0) is 30.3 Å². The highest BCUT2D eigenvalue weighted by Crippen LogP contribution is 2.20. The summed E-state index contributed by atoms with van der Waals surface area (Å²) in [7, 11) is 0. The summed E-state index contributed by atoms with van der Waals surface area (Å²) in [5.41, 5.74) is 0.796. The lowest BCUT2D eigenvalue weighted by atomic mass is 10.1. The first-order valence-corrected chi connectivity index (χ1v) is 5.85. The number of hydrogen-bond donors (Lipinski definition) is 1. The molecule has 0 saturated carbocycles. The van der Waals surface area contributed by atoms with Crippen LogP contribution in [0.5, 0.6) is 0 Å². The number of nitrogens with zero attached hydrogens (tertiary/aromatic N) is 1. The zero-order valence-electron chi connectivity index (χ0n) is 9.75. The summed E-state index contributed by atoms with van der Waals surface area (Å²) in [4.78, 5) is 0. The molecule has 0 radical (unpaired) electrons. The molecule has 2 aromatic rings. The van der Waals surface area contributed by atoms with Gasteiger partial charge in [-0.1, -0.05) is 17.7 Å². The van der Waals surface area contributed by atoms with Gasteiger partial charge in [-0.25, -0.2) is 8.78 Å². The van der Waals surface area contributed by atoms with Crippen molar-refractivity contribution in [3.8, 4) is 6.07 Å². The molecule has 2 rings (SSSR count). The van der Waals surface area contributed by atoms with Gasteiger partial charge in [0.05, 0.1) is 17.3 Å². The molecule has 0 bridgehead atoms. The van der Waals surface area contributed by atoms with Crippen LogP contribution in [0.15, 0.2) is 36.4 Å². The van der Waals surface area contributed by atoms with Gasteiger partial charge in [0.25, 0.3) is 0 Å². The first-order valence-electron chi connectivity index (χ1n) is 5.47. The largest absolute Gasteiger partial charge is 0.378 e. The van der Waals surface area contributed by atoms with E-state index in [0.29, 0.717) is 10.6 Å². The maximum Gasteiger partial charge on any atom is 0.146 e. The lowest BCUT2D eigenvalue weighted by Gasteiger charge is -2.09. The average molecular weight is 279 g/mol. The second-order valence-electron chi connectivity index (χ2n) is 3.90. The van der Waals surface area contributed by atoms with Gasteiger partial charge in [0.2, 0.25) is 0 Å². The first-order chi connectivity index (χ1) is 9.10. The summed E-state index contributed by atoms with van der Waals surface area (Å²) >= 11 is 5.75. The van der Waals surface area contributed by atoms with Gasteiger partial charge in [-0.15, -0.1) is 0 Å². The number of halogens is 3. The number of benzene rings is 2. The summed E-state index contributed by atoms with van der Waals surface area (Å²) in [6.45, 7) is 0.106. The molecule has 0 spiro atoms. The lowest BCUT2D eigenvalue weighted by molar-refractivity contribution is 0.610. The summed E-state index contributed by atoms with van der Waals surface area (Å²) in [6, 6.07) is 10.1. The predicted octanol–water partition coefficient (Wildman–Crippen LogP) is 4.10. The molecule has 0 aromatic heterocycles. The molecule has 0 amide bonds. The Labute approximate surface area is 114 Å². The Morgan fingerprint density at radius 1 is 1.11 bits per heavy atom. The van der Waals surface area contributed by atoms with E-state index in [4.69, 9.17) is 16.9 Å². The van der Waals surface area contributed by atoms with Crippen LogP contribution in [-0.4, -0.2) is 0 Å². The highest BCUT2D eigenvalue weighted by molar-refractivity contribution is 6.30. The van der Waals surface area contributed by atoms with Crippen LogP contribution < -0.4 is 5.32 Å². The predicted molar refractivity (Wildman–Crippen MR) is 69.9 cm³/mol. The van der Waals surface area contributed by atoms with E-state index in [1.165, 1.54) is 30.3 Å². The monoisotopic (exact) mass is 278 g/mol. The van der Waals surface area contributed by atoms with E-state index >= 15 is 0 Å². The number of nitriles is 1. The maximum atomic E-state index is 13.6. The van der Waals surface area contributed by atoms with Gasteiger partial charge < -0.3 is 5.32 Å². The fourth-order valence-corrected chi connectivity index (χ4v) is 1.76. The quantitative estimate of drug-likeness (QED) is 0.917. The summed E-state index contributed by atoms with van der Waals surface area (Å²) in [6.07, 6.45) is 0. The minimum Gasteiger partial charge on any atom is -0.378 e. The van der Waals surface area contributed by atoms with Crippen LogP contribution in [0.1, 0.15) is 11.1 Å². The topological polar surface area (TPSA) is 35.8 Å². The third-order valence-electron chi connectivity index (χ3n) is 2.58. The van der Waals surface area contributed by atoms with E-state index in [2.05, 4.69) is 5.32 Å². The van der Waals surface area contributed by atoms with Crippen LogP contribution in [-0.2, 0) is 6.54 Å². The van der Waals surface area contributed by atoms with Gasteiger partial charge in [0.1, 0.15) is 11.6 Å². The lowest BCUT2D eigenvalue weighted by Crippen LogP contribution is -2.03. The zero-order chi connectivity index (χ0) is 13.8. The van der Waals surface area contributed by atoms with E-state index in [9.17, 15) is 8.78 Å². The van der Waals surface area contributed by atoms with Crippen molar-refractivity contribution in [3.05, 3.63) is 64.2 Å². The van der Waals surface area contributed by atoms with Crippen molar-refractivity contribution in [3.63, 3.8) is 0 Å². The van der Waals surface area contributed by atoms with Gasteiger partial charge in [-0.3, -0.25) is 0 Å². The second kappa shape index (κ2) is 5.68. The molecule has 96 valence electrons. The van der Waals surface area contributed by atoms with E-state index in [1.807, 2.05) is 6.07 Å². The Balaban J connectivity index is 2.15. The SMILES string of the molecule is N#Cc1ccc(CNc2cc(Cl)ccc2F)c(F)c1. The van der Waals surface area contributed by atoms with Crippen LogP contribution in [0, 0.1) is 23.0 Å². The highest BCUT2D eigenvalue weighted by Gasteiger charge is 2.06. The van der Waals surface area contributed by atoms with E-state index in [1.54, 1.807) is 0 Å². The highest BCUT2D eigenvalue weighted by atomic mass is 35.5. The second-order valence-corrected chi connectivity index (χ2v) is 4.33. The van der Waals surface area contributed by atoms with Crippen LogP contribution in [0.3, 0.4) is 0 Å². The number of anilines is 1. The van der Waals surface area contributed by atoms with Crippen LogP contribution in [0.25, 0.3) is 0 Å². The summed E-state index contributed by atoms with van der Waals surface area (Å²) in [5, 5.41) is 11.8. The molecule has 19 heavy (non-hydrogen) atoms. The minimum absolute atomic E-state index is 0.106. The Morgan fingerprint density at radius 3 is 2.58 bits per heavy atom. The van der Waals surface area contributed by atoms with Crippen LogP contribution >= 0.6 is 11.6 Å². The number of rotatable bonds is 3. The van der Waals surface area contributed by atoms with Gasteiger partial charge in [-0.2, -0.15) is 5.26 Å². The molecular weight excluding hydrogens is 270 g/mol. The van der Waals surface area contributed by atoms with Crippen LogP contribution in [0.2, 0.25) is 5.02 Å². The molecule has 0 saturated heterocycles. The molecule has 2 aromatic carbocycles. The Morgan fingerprint density at radius 2 is 1.89 bits per heavy atom.